The maximum Gasteiger partial charge on any atom is 0.261 e. The zero-order chi connectivity index (χ0) is 27.7. The maximum atomic E-state index is 12.7. The molecule has 4 rings (SSSR count). The Kier molecular flexibility index (Phi) is 10.0. The summed E-state index contributed by atoms with van der Waals surface area (Å²) >= 11 is 13.2. The van der Waals surface area contributed by atoms with Gasteiger partial charge >= 0.3 is 0 Å². The number of benzene rings is 3. The second-order valence-corrected chi connectivity index (χ2v) is 11.5. The predicted octanol–water partition coefficient (Wildman–Crippen LogP) is 6.35. The lowest BCUT2D eigenvalue weighted by Gasteiger charge is -2.22. The second kappa shape index (κ2) is 13.7. The minimum Gasteiger partial charge on any atom is -0.497 e. The highest BCUT2D eigenvalue weighted by molar-refractivity contribution is 7.92. The first kappa shape index (κ1) is 28.7. The van der Waals surface area contributed by atoms with Gasteiger partial charge in [-0.3, -0.25) is 10.1 Å². The van der Waals surface area contributed by atoms with Crippen molar-refractivity contribution in [3.05, 3.63) is 83.7 Å². The van der Waals surface area contributed by atoms with Gasteiger partial charge in [-0.25, -0.2) is 13.4 Å². The molecule has 204 valence electrons. The number of methoxy groups -OCH3 is 1. The third-order valence-electron chi connectivity index (χ3n) is 5.65. The summed E-state index contributed by atoms with van der Waals surface area (Å²) in [4.78, 5) is 6.86. The summed E-state index contributed by atoms with van der Waals surface area (Å²) in [6, 6.07) is 21.2. The number of hydrazone groups is 1. The molecule has 0 amide bonds. The monoisotopic (exact) mass is 603 g/mol. The molecule has 1 aromatic heterocycles. The quantitative estimate of drug-likeness (QED) is 0.105. The topological polar surface area (TPSA) is 95.9 Å². The molecule has 12 heteroatoms. The smallest absolute Gasteiger partial charge is 0.261 e. The number of halogens is 2. The number of thiazole rings is 1. The van der Waals surface area contributed by atoms with E-state index in [0.29, 0.717) is 28.3 Å². The van der Waals surface area contributed by atoms with Gasteiger partial charge in [0.2, 0.25) is 5.13 Å². The van der Waals surface area contributed by atoms with Gasteiger partial charge in [-0.05, 0) is 54.1 Å². The third-order valence-corrected chi connectivity index (χ3v) is 8.13. The molecule has 0 atom stereocenters. The zero-order valence-electron chi connectivity index (χ0n) is 21.1. The van der Waals surface area contributed by atoms with Crippen LogP contribution in [0.15, 0.2) is 88.2 Å². The molecule has 0 radical (unpaired) electrons. The summed E-state index contributed by atoms with van der Waals surface area (Å²) in [6.07, 6.45) is 1.72. The molecule has 0 fully saturated rings. The summed E-state index contributed by atoms with van der Waals surface area (Å²) in [7, 11) is -2.19. The van der Waals surface area contributed by atoms with Gasteiger partial charge in [0, 0.05) is 47.2 Å². The van der Waals surface area contributed by atoms with Crippen molar-refractivity contribution < 1.29 is 13.2 Å². The number of anilines is 3. The van der Waals surface area contributed by atoms with E-state index in [0.717, 1.165) is 35.6 Å². The van der Waals surface area contributed by atoms with Crippen LogP contribution in [0.5, 0.6) is 5.75 Å². The number of aromatic nitrogens is 1. The Morgan fingerprint density at radius 1 is 0.974 bits per heavy atom. The summed E-state index contributed by atoms with van der Waals surface area (Å²) in [5, 5.41) is 6.84. The van der Waals surface area contributed by atoms with Gasteiger partial charge in [0.15, 0.2) is 0 Å². The fourth-order valence-electron chi connectivity index (χ4n) is 3.64. The van der Waals surface area contributed by atoms with E-state index in [1.54, 1.807) is 30.5 Å². The van der Waals surface area contributed by atoms with E-state index in [9.17, 15) is 8.42 Å². The normalized spacial score (nSPS) is 11.5. The molecule has 8 nitrogen and oxygen atoms in total. The molecule has 0 spiro atoms. The van der Waals surface area contributed by atoms with Gasteiger partial charge in [-0.2, -0.15) is 5.10 Å². The highest BCUT2D eigenvalue weighted by Crippen LogP contribution is 2.27. The summed E-state index contributed by atoms with van der Waals surface area (Å²) in [6.45, 7) is 1.47. The number of nitrogens with one attached hydrogen (secondary N) is 2. The molecule has 2 N–H and O–H groups in total. The average molecular weight is 605 g/mol. The Hall–Kier alpha value is -3.31. The lowest BCUT2D eigenvalue weighted by molar-refractivity contribution is 0.414. The molecule has 3 aromatic carbocycles. The molecule has 0 unspecified atom stereocenters. The summed E-state index contributed by atoms with van der Waals surface area (Å²) in [5.41, 5.74) is 7.02. The molecule has 0 aliphatic rings. The summed E-state index contributed by atoms with van der Waals surface area (Å²) in [5.74, 6) is 1.66. The van der Waals surface area contributed by atoms with Gasteiger partial charge in [-0.15, -0.1) is 34.5 Å². The van der Waals surface area contributed by atoms with Crippen LogP contribution < -0.4 is 19.8 Å². The first-order valence-corrected chi connectivity index (χ1v) is 15.3. The SMILES string of the molecule is COc1ccc(S(=O)(=O)Nc2ccc(-c3csc(N/N=C/c4ccc(N(CCCl)CCCl)cc4)n3)cc2)cc1. The van der Waals surface area contributed by atoms with Crippen molar-refractivity contribution in [3.63, 3.8) is 0 Å². The van der Waals surface area contributed by atoms with Crippen LogP contribution >= 0.6 is 34.5 Å². The Morgan fingerprint density at radius 2 is 1.64 bits per heavy atom. The number of rotatable bonds is 13. The lowest BCUT2D eigenvalue weighted by atomic mass is 10.1. The van der Waals surface area contributed by atoms with E-state index in [4.69, 9.17) is 27.9 Å². The van der Waals surface area contributed by atoms with Crippen LogP contribution in [0.3, 0.4) is 0 Å². The van der Waals surface area contributed by atoms with Crippen LogP contribution in [0.4, 0.5) is 16.5 Å². The van der Waals surface area contributed by atoms with Gasteiger partial charge in [0.25, 0.3) is 10.0 Å². The van der Waals surface area contributed by atoms with Crippen LogP contribution in [-0.2, 0) is 10.0 Å². The minimum atomic E-state index is -3.72. The summed E-state index contributed by atoms with van der Waals surface area (Å²) < 4.78 is 33.0. The van der Waals surface area contributed by atoms with Crippen LogP contribution in [0.2, 0.25) is 0 Å². The van der Waals surface area contributed by atoms with Gasteiger partial charge < -0.3 is 9.64 Å². The van der Waals surface area contributed by atoms with Crippen molar-refractivity contribution in [3.8, 4) is 17.0 Å². The van der Waals surface area contributed by atoms with Gasteiger partial charge in [0.1, 0.15) is 5.75 Å². The van der Waals surface area contributed by atoms with E-state index >= 15 is 0 Å². The molecular weight excluding hydrogens is 577 g/mol. The zero-order valence-corrected chi connectivity index (χ0v) is 24.2. The Bertz CT molecular complexity index is 1470. The van der Waals surface area contributed by atoms with Gasteiger partial charge in [-0.1, -0.05) is 24.3 Å². The first-order valence-electron chi connectivity index (χ1n) is 11.9. The van der Waals surface area contributed by atoms with E-state index in [-0.39, 0.29) is 4.90 Å². The molecule has 0 aliphatic heterocycles. The Balaban J connectivity index is 1.34. The maximum absolute atomic E-state index is 12.7. The fourth-order valence-corrected chi connectivity index (χ4v) is 5.78. The molecule has 1 heterocycles. The number of sulfonamides is 1. The van der Waals surface area contributed by atoms with Crippen molar-refractivity contribution in [2.45, 2.75) is 4.90 Å². The highest BCUT2D eigenvalue weighted by Gasteiger charge is 2.14. The number of alkyl halides is 2. The molecule has 39 heavy (non-hydrogen) atoms. The van der Waals surface area contributed by atoms with Crippen LogP contribution in [0.25, 0.3) is 11.3 Å². The number of nitrogens with zero attached hydrogens (tertiary/aromatic N) is 3. The van der Waals surface area contributed by atoms with E-state index < -0.39 is 10.0 Å². The van der Waals surface area contributed by atoms with E-state index in [2.05, 4.69) is 25.1 Å². The predicted molar refractivity (Wildman–Crippen MR) is 163 cm³/mol. The molecular formula is C27H27Cl2N5O3S2. The largest absolute Gasteiger partial charge is 0.497 e. The molecule has 0 saturated heterocycles. The lowest BCUT2D eigenvalue weighted by Crippen LogP contribution is -2.27. The van der Waals surface area contributed by atoms with Crippen molar-refractivity contribution >= 4 is 67.3 Å². The van der Waals surface area contributed by atoms with Crippen LogP contribution in [-0.4, -0.2) is 51.6 Å². The van der Waals surface area contributed by atoms with Crippen molar-refractivity contribution in [2.75, 3.05) is 47.0 Å². The van der Waals surface area contributed by atoms with Crippen LogP contribution in [0, 0.1) is 0 Å². The van der Waals surface area contributed by atoms with Crippen molar-refractivity contribution in [1.82, 2.24) is 4.98 Å². The fraction of sp³-hybridized carbons (Fsp3) is 0.185. The number of hydrogen-bond donors (Lipinski definition) is 2. The third kappa shape index (κ3) is 7.86. The van der Waals surface area contributed by atoms with Gasteiger partial charge in [0.05, 0.1) is 23.9 Å². The van der Waals surface area contributed by atoms with Crippen molar-refractivity contribution in [2.24, 2.45) is 5.10 Å². The second-order valence-electron chi connectivity index (χ2n) is 8.22. The van der Waals surface area contributed by atoms with Crippen LogP contribution in [0.1, 0.15) is 5.56 Å². The Morgan fingerprint density at radius 3 is 2.26 bits per heavy atom. The minimum absolute atomic E-state index is 0.152. The number of ether oxygens (including phenoxy) is 1. The highest BCUT2D eigenvalue weighted by atomic mass is 35.5. The molecule has 4 aromatic rings. The molecule has 0 bridgehead atoms. The Labute approximate surface area is 242 Å². The van der Waals surface area contributed by atoms with E-state index in [1.807, 2.05) is 41.8 Å². The van der Waals surface area contributed by atoms with E-state index in [1.165, 1.54) is 30.6 Å². The molecule has 0 saturated carbocycles. The molecule has 0 aliphatic carbocycles. The van der Waals surface area contributed by atoms with Crippen molar-refractivity contribution in [1.29, 1.82) is 0 Å². The number of hydrogen-bond acceptors (Lipinski definition) is 8. The standard InChI is InChI=1S/C27H27Cl2N5O3S2/c1-37-24-10-12-25(13-11-24)39(35,36)33-22-6-4-21(5-7-22)26-19-38-27(31-26)32-30-18-20-2-8-23(9-3-20)34(16-14-28)17-15-29/h2-13,18-19,33H,14-17H2,1H3,(H,31,32)/b30-18+. The first-order chi connectivity index (χ1) is 18.9. The average Bonchev–Trinajstić information content (AvgIpc) is 3.42.